The van der Waals surface area contributed by atoms with Crippen molar-refractivity contribution >= 4 is 17.5 Å². The average Bonchev–Trinajstić information content (AvgIpc) is 3.28. The maximum atomic E-state index is 12.1. The van der Waals surface area contributed by atoms with Gasteiger partial charge < -0.3 is 18.8 Å². The van der Waals surface area contributed by atoms with E-state index < -0.39 is 16.6 Å². The third kappa shape index (κ3) is 5.85. The van der Waals surface area contributed by atoms with E-state index in [1.54, 1.807) is 36.1 Å². The monoisotopic (exact) mass is 454 g/mol. The van der Waals surface area contributed by atoms with Crippen molar-refractivity contribution in [1.82, 2.24) is 9.97 Å². The summed E-state index contributed by atoms with van der Waals surface area (Å²) in [5, 5.41) is 12.1. The summed E-state index contributed by atoms with van der Waals surface area (Å²) in [6, 6.07) is 7.05. The second-order valence-electron chi connectivity index (χ2n) is 7.45. The van der Waals surface area contributed by atoms with Crippen molar-refractivity contribution in [3.8, 4) is 11.6 Å². The standard InChI is InChI=1S/C23H26N4O6/c1-5-31-20(28)8-9-26(13-18-7-6-10-32-18)22-21(27(29)30)23(25-14-24-22)33-19-11-15(2)17(4)16(3)12-19/h6-7,10-12,14H,5,8-9,13H2,1-4H3. The molecule has 174 valence electrons. The van der Waals surface area contributed by atoms with Gasteiger partial charge in [-0.2, -0.15) is 4.98 Å². The molecule has 3 rings (SSSR count). The van der Waals surface area contributed by atoms with Crippen LogP contribution < -0.4 is 9.64 Å². The third-order valence-electron chi connectivity index (χ3n) is 5.18. The number of nitrogens with zero attached hydrogens (tertiary/aromatic N) is 4. The summed E-state index contributed by atoms with van der Waals surface area (Å²) in [7, 11) is 0. The van der Waals surface area contributed by atoms with Crippen LogP contribution >= 0.6 is 0 Å². The van der Waals surface area contributed by atoms with Gasteiger partial charge >= 0.3 is 17.5 Å². The van der Waals surface area contributed by atoms with Gasteiger partial charge in [-0.25, -0.2) is 4.98 Å². The van der Waals surface area contributed by atoms with Crippen LogP contribution in [0.2, 0.25) is 0 Å². The van der Waals surface area contributed by atoms with Gasteiger partial charge in [0.2, 0.25) is 5.82 Å². The second-order valence-corrected chi connectivity index (χ2v) is 7.45. The minimum atomic E-state index is -0.585. The Balaban J connectivity index is 1.99. The summed E-state index contributed by atoms with van der Waals surface area (Å²) >= 11 is 0. The molecule has 0 aliphatic carbocycles. The van der Waals surface area contributed by atoms with Gasteiger partial charge in [0.1, 0.15) is 17.8 Å². The molecule has 0 radical (unpaired) electrons. The van der Waals surface area contributed by atoms with E-state index in [1.807, 2.05) is 20.8 Å². The summed E-state index contributed by atoms with van der Waals surface area (Å²) in [5.74, 6) is 0.409. The Labute approximate surface area is 191 Å². The Bertz CT molecular complexity index is 1110. The fourth-order valence-corrected chi connectivity index (χ4v) is 3.30. The van der Waals surface area contributed by atoms with Crippen molar-refractivity contribution < 1.29 is 23.6 Å². The van der Waals surface area contributed by atoms with Crippen LogP contribution in [0, 0.1) is 30.9 Å². The molecule has 0 bridgehead atoms. The molecule has 0 atom stereocenters. The van der Waals surface area contributed by atoms with E-state index in [-0.39, 0.29) is 37.8 Å². The van der Waals surface area contributed by atoms with Crippen molar-refractivity contribution in [2.75, 3.05) is 18.1 Å². The van der Waals surface area contributed by atoms with Crippen LogP contribution in [0.15, 0.2) is 41.3 Å². The maximum absolute atomic E-state index is 12.1. The Morgan fingerprint density at radius 3 is 2.55 bits per heavy atom. The van der Waals surface area contributed by atoms with E-state index in [9.17, 15) is 14.9 Å². The smallest absolute Gasteiger partial charge is 0.373 e. The van der Waals surface area contributed by atoms with Crippen molar-refractivity contribution in [3.63, 3.8) is 0 Å². The molecular formula is C23H26N4O6. The average molecular weight is 454 g/mol. The fourth-order valence-electron chi connectivity index (χ4n) is 3.30. The summed E-state index contributed by atoms with van der Waals surface area (Å²) in [4.78, 5) is 33.2. The largest absolute Gasteiger partial charge is 0.467 e. The van der Waals surface area contributed by atoms with E-state index in [0.29, 0.717) is 11.5 Å². The van der Waals surface area contributed by atoms with Gasteiger partial charge in [0.15, 0.2) is 0 Å². The minimum Gasteiger partial charge on any atom is -0.467 e. The number of benzene rings is 1. The van der Waals surface area contributed by atoms with E-state index in [2.05, 4.69) is 9.97 Å². The number of esters is 1. The van der Waals surface area contributed by atoms with Gasteiger partial charge in [0.05, 0.1) is 30.8 Å². The number of nitro groups is 1. The van der Waals surface area contributed by atoms with Crippen LogP contribution in [-0.2, 0) is 16.1 Å². The highest BCUT2D eigenvalue weighted by Gasteiger charge is 2.30. The number of rotatable bonds is 10. The zero-order valence-electron chi connectivity index (χ0n) is 19.0. The Hall–Kier alpha value is -3.95. The lowest BCUT2D eigenvalue weighted by Gasteiger charge is -2.22. The number of anilines is 1. The first-order valence-corrected chi connectivity index (χ1v) is 10.5. The molecule has 0 amide bonds. The van der Waals surface area contributed by atoms with Crippen LogP contribution in [-0.4, -0.2) is 34.0 Å². The number of hydrogen-bond donors (Lipinski definition) is 0. The zero-order chi connectivity index (χ0) is 24.0. The molecule has 0 aliphatic rings. The van der Waals surface area contributed by atoms with Gasteiger partial charge in [0.25, 0.3) is 0 Å². The highest BCUT2D eigenvalue weighted by atomic mass is 16.6. The number of ether oxygens (including phenoxy) is 2. The van der Waals surface area contributed by atoms with Crippen LogP contribution in [0.1, 0.15) is 35.8 Å². The molecule has 0 saturated carbocycles. The summed E-state index contributed by atoms with van der Waals surface area (Å²) in [5.41, 5.74) is 2.71. The molecule has 10 heteroatoms. The zero-order valence-corrected chi connectivity index (χ0v) is 19.0. The lowest BCUT2D eigenvalue weighted by molar-refractivity contribution is -0.385. The highest BCUT2D eigenvalue weighted by molar-refractivity contribution is 5.71. The number of aryl methyl sites for hydroxylation is 2. The van der Waals surface area contributed by atoms with E-state index in [0.717, 1.165) is 16.7 Å². The molecule has 3 aromatic rings. The van der Waals surface area contributed by atoms with Crippen LogP contribution in [0.25, 0.3) is 0 Å². The normalized spacial score (nSPS) is 10.7. The molecule has 1 aromatic carbocycles. The predicted octanol–water partition coefficient (Wildman–Crippen LogP) is 4.66. The van der Waals surface area contributed by atoms with E-state index in [4.69, 9.17) is 13.9 Å². The Morgan fingerprint density at radius 2 is 1.94 bits per heavy atom. The fraction of sp³-hybridized carbons (Fsp3) is 0.348. The minimum absolute atomic E-state index is 0.0161. The molecular weight excluding hydrogens is 428 g/mol. The molecule has 0 fully saturated rings. The highest BCUT2D eigenvalue weighted by Crippen LogP contribution is 2.37. The van der Waals surface area contributed by atoms with Gasteiger partial charge in [0, 0.05) is 6.54 Å². The first kappa shape index (κ1) is 23.7. The van der Waals surface area contributed by atoms with Crippen molar-refractivity contribution in [2.45, 2.75) is 40.7 Å². The van der Waals surface area contributed by atoms with Crippen LogP contribution in [0.4, 0.5) is 11.5 Å². The lowest BCUT2D eigenvalue weighted by atomic mass is 10.0. The van der Waals surface area contributed by atoms with Gasteiger partial charge in [-0.15, -0.1) is 0 Å². The molecule has 0 N–H and O–H groups in total. The number of hydrogen-bond acceptors (Lipinski definition) is 9. The van der Waals surface area contributed by atoms with Crippen molar-refractivity contribution in [1.29, 1.82) is 0 Å². The van der Waals surface area contributed by atoms with Crippen molar-refractivity contribution in [3.05, 3.63) is 69.4 Å². The number of carbonyl (C=O) groups excluding carboxylic acids is 1. The van der Waals surface area contributed by atoms with Gasteiger partial charge in [-0.1, -0.05) is 0 Å². The topological polar surface area (TPSA) is 121 Å². The van der Waals surface area contributed by atoms with Crippen molar-refractivity contribution in [2.24, 2.45) is 0 Å². The number of aromatic nitrogens is 2. The molecule has 0 aliphatic heterocycles. The molecule has 0 saturated heterocycles. The number of furan rings is 1. The molecule has 0 spiro atoms. The van der Waals surface area contributed by atoms with Crippen LogP contribution in [0.5, 0.6) is 11.6 Å². The summed E-state index contributed by atoms with van der Waals surface area (Å²) < 4.78 is 16.2. The lowest BCUT2D eigenvalue weighted by Crippen LogP contribution is -2.28. The summed E-state index contributed by atoms with van der Waals surface area (Å²) in [6.45, 7) is 8.12. The SMILES string of the molecule is CCOC(=O)CCN(Cc1ccco1)c1ncnc(Oc2cc(C)c(C)c(C)c2)c1[N+](=O)[O-]. The molecule has 2 heterocycles. The first-order valence-electron chi connectivity index (χ1n) is 10.5. The Morgan fingerprint density at radius 1 is 1.21 bits per heavy atom. The van der Waals surface area contributed by atoms with E-state index >= 15 is 0 Å². The van der Waals surface area contributed by atoms with Crippen LogP contribution in [0.3, 0.4) is 0 Å². The van der Waals surface area contributed by atoms with Gasteiger partial charge in [-0.05, 0) is 68.7 Å². The second kappa shape index (κ2) is 10.6. The summed E-state index contributed by atoms with van der Waals surface area (Å²) in [6.07, 6.45) is 2.72. The predicted molar refractivity (Wildman–Crippen MR) is 120 cm³/mol. The van der Waals surface area contributed by atoms with Gasteiger partial charge in [-0.3, -0.25) is 14.9 Å². The molecule has 2 aromatic heterocycles. The number of carbonyl (C=O) groups is 1. The molecule has 33 heavy (non-hydrogen) atoms. The van der Waals surface area contributed by atoms with E-state index in [1.165, 1.54) is 12.6 Å². The third-order valence-corrected chi connectivity index (χ3v) is 5.18. The molecule has 10 nitrogen and oxygen atoms in total. The first-order chi connectivity index (χ1) is 15.8. The molecule has 0 unspecified atom stereocenters. The Kier molecular flexibility index (Phi) is 7.60. The quantitative estimate of drug-likeness (QED) is 0.245. The maximum Gasteiger partial charge on any atom is 0.373 e.